The molecular formula is C14H17BrN2O3. The monoisotopic (exact) mass is 340 g/mol. The quantitative estimate of drug-likeness (QED) is 0.883. The number of hydrogen-bond donors (Lipinski definition) is 2. The summed E-state index contributed by atoms with van der Waals surface area (Å²) in [4.78, 5) is 24.6. The fraction of sp³-hybridized carbons (Fsp3) is 0.429. The molecule has 1 aromatic carbocycles. The zero-order chi connectivity index (χ0) is 14.9. The molecule has 0 radical (unpaired) electrons. The maximum atomic E-state index is 11.5. The van der Waals surface area contributed by atoms with Gasteiger partial charge in [-0.25, -0.2) is 4.79 Å². The second-order valence-electron chi connectivity index (χ2n) is 5.12. The molecule has 3 N–H and O–H groups in total. The van der Waals surface area contributed by atoms with Crippen LogP contribution in [0, 0.1) is 5.92 Å². The fourth-order valence-electron chi connectivity index (χ4n) is 2.74. The number of hydrogen-bond acceptors (Lipinski definition) is 3. The second-order valence-corrected chi connectivity index (χ2v) is 5.98. The lowest BCUT2D eigenvalue weighted by atomic mass is 9.90. The third kappa shape index (κ3) is 2.80. The first-order valence-corrected chi connectivity index (χ1v) is 7.30. The van der Waals surface area contributed by atoms with Crippen LogP contribution in [0.25, 0.3) is 0 Å². The summed E-state index contributed by atoms with van der Waals surface area (Å²) in [7, 11) is 0. The van der Waals surface area contributed by atoms with Gasteiger partial charge in [0, 0.05) is 16.7 Å². The second kappa shape index (κ2) is 5.83. The Hall–Kier alpha value is -1.56. The van der Waals surface area contributed by atoms with Crippen LogP contribution in [0.4, 0.5) is 5.69 Å². The highest BCUT2D eigenvalue weighted by atomic mass is 79.9. The van der Waals surface area contributed by atoms with Gasteiger partial charge in [0.1, 0.15) is 6.04 Å². The van der Waals surface area contributed by atoms with Crippen molar-refractivity contribution in [1.29, 1.82) is 0 Å². The molecule has 20 heavy (non-hydrogen) atoms. The van der Waals surface area contributed by atoms with Gasteiger partial charge in [-0.1, -0.05) is 6.92 Å². The number of halogens is 1. The Kier molecular flexibility index (Phi) is 4.32. The van der Waals surface area contributed by atoms with Gasteiger partial charge in [0.15, 0.2) is 0 Å². The van der Waals surface area contributed by atoms with Crippen molar-refractivity contribution in [2.45, 2.75) is 25.8 Å². The smallest absolute Gasteiger partial charge is 0.326 e. The first-order valence-electron chi connectivity index (χ1n) is 6.50. The summed E-state index contributed by atoms with van der Waals surface area (Å²) < 4.78 is 0.588. The van der Waals surface area contributed by atoms with Gasteiger partial charge in [-0.3, -0.25) is 4.79 Å². The molecule has 2 atom stereocenters. The van der Waals surface area contributed by atoms with Crippen LogP contribution in [0.15, 0.2) is 22.7 Å². The molecule has 0 aromatic heterocycles. The van der Waals surface area contributed by atoms with E-state index in [2.05, 4.69) is 15.9 Å². The molecule has 1 aromatic rings. The number of carboxylic acid groups (broad SMARTS) is 1. The molecule has 1 fully saturated rings. The maximum Gasteiger partial charge on any atom is 0.326 e. The molecular weight excluding hydrogens is 324 g/mol. The standard InChI is InChI=1S/C14H17BrN2O3/c1-8-3-2-6-17(12(8)14(19)20)9-4-5-10(13(16)18)11(15)7-9/h4-5,7-8,12H,2-3,6H2,1H3,(H2,16,18)(H,19,20). The number of primary amides is 1. The number of amides is 1. The Bertz CT molecular complexity index is 547. The van der Waals surface area contributed by atoms with Gasteiger partial charge < -0.3 is 15.7 Å². The van der Waals surface area contributed by atoms with Crippen molar-refractivity contribution in [3.05, 3.63) is 28.2 Å². The van der Waals surface area contributed by atoms with Gasteiger partial charge in [-0.15, -0.1) is 0 Å². The maximum absolute atomic E-state index is 11.5. The largest absolute Gasteiger partial charge is 0.480 e. The molecule has 108 valence electrons. The Balaban J connectivity index is 2.36. The normalized spacial score (nSPS) is 22.6. The van der Waals surface area contributed by atoms with E-state index in [4.69, 9.17) is 5.73 Å². The number of carboxylic acids is 1. The van der Waals surface area contributed by atoms with E-state index in [1.165, 1.54) is 0 Å². The predicted molar refractivity (Wildman–Crippen MR) is 79.8 cm³/mol. The number of carbonyl (C=O) groups is 2. The number of aliphatic carboxylic acids is 1. The van der Waals surface area contributed by atoms with E-state index in [0.717, 1.165) is 18.5 Å². The molecule has 6 heteroatoms. The summed E-state index contributed by atoms with van der Waals surface area (Å²) >= 11 is 3.31. The average molecular weight is 341 g/mol. The van der Waals surface area contributed by atoms with E-state index >= 15 is 0 Å². The van der Waals surface area contributed by atoms with Crippen LogP contribution in [-0.2, 0) is 4.79 Å². The lowest BCUT2D eigenvalue weighted by molar-refractivity contribution is -0.140. The number of piperidine rings is 1. The zero-order valence-electron chi connectivity index (χ0n) is 11.2. The molecule has 1 aliphatic rings. The highest BCUT2D eigenvalue weighted by molar-refractivity contribution is 9.10. The van der Waals surface area contributed by atoms with Crippen molar-refractivity contribution in [3.63, 3.8) is 0 Å². The average Bonchev–Trinajstić information content (AvgIpc) is 2.37. The molecule has 0 spiro atoms. The van der Waals surface area contributed by atoms with Crippen molar-refractivity contribution >= 4 is 33.5 Å². The molecule has 5 nitrogen and oxygen atoms in total. The zero-order valence-corrected chi connectivity index (χ0v) is 12.8. The Morgan fingerprint density at radius 2 is 2.15 bits per heavy atom. The molecule has 0 saturated carbocycles. The van der Waals surface area contributed by atoms with Gasteiger partial charge in [0.05, 0.1) is 5.56 Å². The minimum atomic E-state index is -0.813. The molecule has 0 bridgehead atoms. The van der Waals surface area contributed by atoms with Gasteiger partial charge in [0.2, 0.25) is 5.91 Å². The fourth-order valence-corrected chi connectivity index (χ4v) is 3.30. The van der Waals surface area contributed by atoms with Crippen molar-refractivity contribution in [2.24, 2.45) is 11.7 Å². The summed E-state index contributed by atoms with van der Waals surface area (Å²) in [5.41, 5.74) is 6.45. The van der Waals surface area contributed by atoms with Crippen LogP contribution in [0.5, 0.6) is 0 Å². The van der Waals surface area contributed by atoms with Crippen molar-refractivity contribution in [1.82, 2.24) is 0 Å². The molecule has 1 heterocycles. The molecule has 2 rings (SSSR count). The lowest BCUT2D eigenvalue weighted by Gasteiger charge is -2.39. The van der Waals surface area contributed by atoms with Crippen LogP contribution >= 0.6 is 15.9 Å². The number of rotatable bonds is 3. The number of nitrogens with two attached hydrogens (primary N) is 1. The third-order valence-electron chi connectivity index (χ3n) is 3.74. The SMILES string of the molecule is CC1CCCN(c2ccc(C(N)=O)c(Br)c2)C1C(=O)O. The summed E-state index contributed by atoms with van der Waals surface area (Å²) in [6, 6.07) is 4.60. The van der Waals surface area contributed by atoms with E-state index < -0.39 is 17.9 Å². The minimum Gasteiger partial charge on any atom is -0.480 e. The van der Waals surface area contributed by atoms with E-state index in [0.29, 0.717) is 16.6 Å². The predicted octanol–water partition coefficient (Wildman–Crippen LogP) is 2.24. The molecule has 1 amide bonds. The van der Waals surface area contributed by atoms with Gasteiger partial charge in [-0.05, 0) is 52.9 Å². The summed E-state index contributed by atoms with van der Waals surface area (Å²) in [5.74, 6) is -1.23. The van der Waals surface area contributed by atoms with Crippen LogP contribution in [0.1, 0.15) is 30.1 Å². The molecule has 1 saturated heterocycles. The van der Waals surface area contributed by atoms with Crippen LogP contribution in [-0.4, -0.2) is 29.6 Å². The highest BCUT2D eigenvalue weighted by Gasteiger charge is 2.34. The Labute approximate surface area is 125 Å². The number of anilines is 1. The van der Waals surface area contributed by atoms with Crippen LogP contribution in [0.2, 0.25) is 0 Å². The Morgan fingerprint density at radius 3 is 2.70 bits per heavy atom. The number of nitrogens with zero attached hydrogens (tertiary/aromatic N) is 1. The highest BCUT2D eigenvalue weighted by Crippen LogP contribution is 2.31. The van der Waals surface area contributed by atoms with Gasteiger partial charge in [0.25, 0.3) is 0 Å². The minimum absolute atomic E-state index is 0.0934. The van der Waals surface area contributed by atoms with Crippen LogP contribution < -0.4 is 10.6 Å². The van der Waals surface area contributed by atoms with E-state index in [-0.39, 0.29) is 5.92 Å². The first-order chi connectivity index (χ1) is 9.41. The summed E-state index contributed by atoms with van der Waals surface area (Å²) in [5, 5.41) is 9.43. The topological polar surface area (TPSA) is 83.6 Å². The van der Waals surface area contributed by atoms with Crippen molar-refractivity contribution in [2.75, 3.05) is 11.4 Å². The lowest BCUT2D eigenvalue weighted by Crippen LogP contribution is -2.49. The number of benzene rings is 1. The van der Waals surface area contributed by atoms with E-state index in [9.17, 15) is 14.7 Å². The number of carbonyl (C=O) groups excluding carboxylic acids is 1. The third-order valence-corrected chi connectivity index (χ3v) is 4.39. The molecule has 1 aliphatic heterocycles. The van der Waals surface area contributed by atoms with Crippen LogP contribution in [0.3, 0.4) is 0 Å². The molecule has 2 unspecified atom stereocenters. The molecule has 0 aliphatic carbocycles. The summed E-state index contributed by atoms with van der Waals surface area (Å²) in [6.07, 6.45) is 1.87. The van der Waals surface area contributed by atoms with Gasteiger partial charge in [-0.2, -0.15) is 0 Å². The van der Waals surface area contributed by atoms with Gasteiger partial charge >= 0.3 is 5.97 Å². The Morgan fingerprint density at radius 1 is 1.45 bits per heavy atom. The first kappa shape index (κ1) is 14.8. The van der Waals surface area contributed by atoms with Crippen molar-refractivity contribution in [3.8, 4) is 0 Å². The summed E-state index contributed by atoms with van der Waals surface area (Å²) in [6.45, 7) is 2.65. The van der Waals surface area contributed by atoms with Crippen molar-refractivity contribution < 1.29 is 14.7 Å². The van der Waals surface area contributed by atoms with E-state index in [1.54, 1.807) is 18.2 Å². The van der Waals surface area contributed by atoms with E-state index in [1.807, 2.05) is 11.8 Å².